The maximum atomic E-state index is 13.5. The fourth-order valence-electron chi connectivity index (χ4n) is 2.89. The Morgan fingerprint density at radius 1 is 1.28 bits per heavy atom. The van der Waals surface area contributed by atoms with Gasteiger partial charge in [-0.05, 0) is 31.6 Å². The lowest BCUT2D eigenvalue weighted by Crippen LogP contribution is -2.28. The van der Waals surface area contributed by atoms with Gasteiger partial charge in [0.1, 0.15) is 11.4 Å². The quantitative estimate of drug-likeness (QED) is 0.351. The summed E-state index contributed by atoms with van der Waals surface area (Å²) < 4.78 is 46.2. The Morgan fingerprint density at radius 2 is 1.97 bits per heavy atom. The molecule has 0 fully saturated rings. The van der Waals surface area contributed by atoms with Crippen molar-refractivity contribution in [2.24, 2.45) is 10.7 Å². The second-order valence-corrected chi connectivity index (χ2v) is 6.39. The first-order valence-electron chi connectivity index (χ1n) is 9.34. The molecule has 0 saturated carbocycles. The van der Waals surface area contributed by atoms with Crippen LogP contribution in [0, 0.1) is 0 Å². The van der Waals surface area contributed by atoms with Crippen LogP contribution >= 0.6 is 0 Å². The zero-order chi connectivity index (χ0) is 21.6. The molecule has 0 aliphatic rings. The molecule has 0 bridgehead atoms. The first kappa shape index (κ1) is 22.5. The number of aromatic nitrogens is 1. The van der Waals surface area contributed by atoms with Gasteiger partial charge in [-0.25, -0.2) is 0 Å². The Hall–Kier alpha value is -2.75. The van der Waals surface area contributed by atoms with Gasteiger partial charge in [-0.2, -0.15) is 18.2 Å². The van der Waals surface area contributed by atoms with Crippen molar-refractivity contribution in [1.29, 1.82) is 0 Å². The van der Waals surface area contributed by atoms with Crippen molar-refractivity contribution < 1.29 is 22.7 Å². The lowest BCUT2D eigenvalue weighted by molar-refractivity contribution is -0.136. The summed E-state index contributed by atoms with van der Waals surface area (Å²) in [4.78, 5) is 20.5. The molecule has 1 amide bonds. The molecule has 2 rings (SSSR count). The minimum Gasteiger partial charge on any atom is -0.493 e. The minimum atomic E-state index is -4.60. The molecule has 0 spiro atoms. The van der Waals surface area contributed by atoms with E-state index in [2.05, 4.69) is 20.2 Å². The Bertz CT molecular complexity index is 873. The fourth-order valence-corrected chi connectivity index (χ4v) is 2.89. The van der Waals surface area contributed by atoms with Crippen molar-refractivity contribution >= 4 is 22.8 Å². The molecule has 4 N–H and O–H groups in total. The van der Waals surface area contributed by atoms with Gasteiger partial charge in [0.25, 0.3) is 5.91 Å². The third kappa shape index (κ3) is 5.86. The van der Waals surface area contributed by atoms with Crippen LogP contribution in [0.5, 0.6) is 5.75 Å². The lowest BCUT2D eigenvalue weighted by Gasteiger charge is -2.18. The van der Waals surface area contributed by atoms with Gasteiger partial charge >= 0.3 is 6.18 Å². The van der Waals surface area contributed by atoms with Crippen molar-refractivity contribution in [3.8, 4) is 5.75 Å². The highest BCUT2D eigenvalue weighted by Gasteiger charge is 2.34. The van der Waals surface area contributed by atoms with Gasteiger partial charge in [-0.1, -0.05) is 13.8 Å². The number of carbonyl (C=O) groups is 1. The summed E-state index contributed by atoms with van der Waals surface area (Å²) in [6.07, 6.45) is -3.91. The number of nitrogens with one attached hydrogen (secondary N) is 2. The molecule has 0 atom stereocenters. The predicted octanol–water partition coefficient (Wildman–Crippen LogP) is 2.97. The summed E-state index contributed by atoms with van der Waals surface area (Å²) in [5, 5.41) is 2.35. The highest BCUT2D eigenvalue weighted by atomic mass is 19.4. The van der Waals surface area contributed by atoms with Crippen LogP contribution in [0.1, 0.15) is 36.3 Å². The topological polar surface area (TPSA) is 95.7 Å². The van der Waals surface area contributed by atoms with Gasteiger partial charge in [0.05, 0.1) is 17.7 Å². The molecule has 1 aromatic carbocycles. The number of aliphatic imine (C=N–C) groups is 1. The van der Waals surface area contributed by atoms with Crippen molar-refractivity contribution in [2.75, 3.05) is 33.3 Å². The van der Waals surface area contributed by atoms with Crippen LogP contribution in [0.3, 0.4) is 0 Å². The maximum Gasteiger partial charge on any atom is 0.417 e. The summed E-state index contributed by atoms with van der Waals surface area (Å²) >= 11 is 0. The van der Waals surface area contributed by atoms with E-state index in [1.807, 2.05) is 13.8 Å². The molecule has 0 aliphatic carbocycles. The Kier molecular flexibility index (Phi) is 7.49. The van der Waals surface area contributed by atoms with Crippen molar-refractivity contribution in [3.05, 3.63) is 29.5 Å². The van der Waals surface area contributed by atoms with Gasteiger partial charge in [0.15, 0.2) is 5.96 Å². The average molecular weight is 413 g/mol. The van der Waals surface area contributed by atoms with Gasteiger partial charge in [0, 0.05) is 25.0 Å². The number of carbonyl (C=O) groups excluding carboxylic acids is 1. The monoisotopic (exact) mass is 413 g/mol. The normalized spacial score (nSPS) is 12.6. The van der Waals surface area contributed by atoms with Crippen molar-refractivity contribution in [1.82, 2.24) is 15.2 Å². The fraction of sp³-hybridized carbons (Fsp3) is 0.474. The molecule has 1 aromatic heterocycles. The molecule has 0 radical (unpaired) electrons. The van der Waals surface area contributed by atoms with E-state index in [0.717, 1.165) is 31.8 Å². The first-order chi connectivity index (χ1) is 13.7. The van der Waals surface area contributed by atoms with Crippen LogP contribution in [0.25, 0.3) is 10.9 Å². The van der Waals surface area contributed by atoms with E-state index in [-0.39, 0.29) is 34.9 Å². The van der Waals surface area contributed by atoms with Crippen LogP contribution in [0.15, 0.2) is 23.2 Å². The van der Waals surface area contributed by atoms with E-state index in [1.165, 1.54) is 13.1 Å². The van der Waals surface area contributed by atoms with Crippen LogP contribution in [0.2, 0.25) is 0 Å². The Morgan fingerprint density at radius 3 is 2.55 bits per heavy atom. The second kappa shape index (κ2) is 9.64. The molecule has 0 unspecified atom stereocenters. The highest BCUT2D eigenvalue weighted by Crippen LogP contribution is 2.38. The zero-order valence-corrected chi connectivity index (χ0v) is 16.7. The number of nitrogens with two attached hydrogens (primary N) is 1. The molecule has 10 heteroatoms. The Balaban J connectivity index is 2.28. The Labute approximate surface area is 167 Å². The lowest BCUT2D eigenvalue weighted by atomic mass is 10.1. The van der Waals surface area contributed by atoms with E-state index in [4.69, 9.17) is 10.5 Å². The van der Waals surface area contributed by atoms with E-state index in [9.17, 15) is 18.0 Å². The maximum absolute atomic E-state index is 13.5. The van der Waals surface area contributed by atoms with Crippen LogP contribution in [-0.4, -0.2) is 55.0 Å². The summed E-state index contributed by atoms with van der Waals surface area (Å²) in [7, 11) is 1.48. The number of alkyl halides is 3. The minimum absolute atomic E-state index is 0.0865. The first-order valence-corrected chi connectivity index (χ1v) is 9.34. The number of halogens is 3. The van der Waals surface area contributed by atoms with Gasteiger partial charge in [-0.15, -0.1) is 0 Å². The van der Waals surface area contributed by atoms with Gasteiger partial charge in [0.2, 0.25) is 0 Å². The van der Waals surface area contributed by atoms with E-state index >= 15 is 0 Å². The van der Waals surface area contributed by atoms with Crippen molar-refractivity contribution in [3.63, 3.8) is 0 Å². The molecule has 29 heavy (non-hydrogen) atoms. The van der Waals surface area contributed by atoms with Crippen LogP contribution in [0.4, 0.5) is 13.2 Å². The summed E-state index contributed by atoms with van der Waals surface area (Å²) in [6, 6.07) is 3.52. The highest BCUT2D eigenvalue weighted by molar-refractivity contribution is 6.04. The molecule has 0 aliphatic heterocycles. The summed E-state index contributed by atoms with van der Waals surface area (Å²) in [6.45, 7) is 6.99. The number of fused-ring (bicyclic) bond motifs is 1. The standard InChI is InChI=1S/C19H26F3N5O2/c1-4-27(5-2)7-6-8-29-12-9-14(19(20,21)22)13-11-16(25-15(13)10-12)17(28)26-18(23)24-3/h9-11,25H,4-8H2,1-3H3,(H3,23,24,26,28). The second-order valence-electron chi connectivity index (χ2n) is 6.39. The van der Waals surface area contributed by atoms with Crippen molar-refractivity contribution in [2.45, 2.75) is 26.4 Å². The number of benzene rings is 1. The number of hydrogen-bond donors (Lipinski definition) is 3. The SMILES string of the molecule is CCN(CC)CCCOc1cc(C(F)(F)F)c2cc(C(=O)N=C(N)NC)[nH]c2c1. The van der Waals surface area contributed by atoms with Gasteiger partial charge < -0.3 is 25.7 Å². The number of H-pyrrole nitrogens is 1. The summed E-state index contributed by atoms with van der Waals surface area (Å²) in [5.41, 5.74) is 4.60. The van der Waals surface area contributed by atoms with E-state index in [0.29, 0.717) is 6.42 Å². The molecule has 2 aromatic rings. The summed E-state index contributed by atoms with van der Waals surface area (Å²) in [5.74, 6) is -0.826. The molecule has 160 valence electrons. The largest absolute Gasteiger partial charge is 0.493 e. The van der Waals surface area contributed by atoms with E-state index in [1.54, 1.807) is 0 Å². The molecule has 7 nitrogen and oxygen atoms in total. The third-order valence-corrected chi connectivity index (χ3v) is 4.51. The van der Waals surface area contributed by atoms with E-state index < -0.39 is 17.6 Å². The molecular weight excluding hydrogens is 387 g/mol. The third-order valence-electron chi connectivity index (χ3n) is 4.51. The molecular formula is C19H26F3N5O2. The number of ether oxygens (including phenoxy) is 1. The van der Waals surface area contributed by atoms with Gasteiger partial charge in [-0.3, -0.25) is 4.79 Å². The average Bonchev–Trinajstić information content (AvgIpc) is 3.10. The zero-order valence-electron chi connectivity index (χ0n) is 16.7. The molecule has 0 saturated heterocycles. The number of rotatable bonds is 8. The number of nitrogens with zero attached hydrogens (tertiary/aromatic N) is 2. The number of hydrogen-bond acceptors (Lipinski definition) is 3. The van der Waals surface area contributed by atoms with Crippen LogP contribution < -0.4 is 15.8 Å². The van der Waals surface area contributed by atoms with Crippen LogP contribution in [-0.2, 0) is 6.18 Å². The molecule has 1 heterocycles. The number of amides is 1. The number of guanidine groups is 1. The number of aromatic amines is 1. The smallest absolute Gasteiger partial charge is 0.417 e. The predicted molar refractivity (Wildman–Crippen MR) is 106 cm³/mol.